The van der Waals surface area contributed by atoms with Gasteiger partial charge in [0.25, 0.3) is 0 Å². The molecule has 6 aromatic carbocycles. The summed E-state index contributed by atoms with van der Waals surface area (Å²) in [6.45, 7) is 4.37. The first-order valence-electron chi connectivity index (χ1n) is 16.5. The van der Waals surface area contributed by atoms with Gasteiger partial charge in [-0.1, -0.05) is 115 Å². The Balaban J connectivity index is 1.15. The molecular formula is C45H32N4. The average Bonchev–Trinajstić information content (AvgIpc) is 3.67. The Kier molecular flexibility index (Phi) is 6.98. The minimum absolute atomic E-state index is 0.477. The molecule has 4 heteroatoms. The maximum absolute atomic E-state index is 5.17. The zero-order valence-corrected chi connectivity index (χ0v) is 26.9. The van der Waals surface area contributed by atoms with Crippen molar-refractivity contribution in [1.82, 2.24) is 9.13 Å². The van der Waals surface area contributed by atoms with E-state index in [0.29, 0.717) is 6.67 Å². The molecule has 1 aliphatic carbocycles. The molecule has 0 spiro atoms. The first-order valence-corrected chi connectivity index (χ1v) is 16.5. The largest absolute Gasteiger partial charge is 0.320 e. The number of benzene rings is 6. The van der Waals surface area contributed by atoms with E-state index >= 15 is 0 Å². The molecule has 0 fully saturated rings. The lowest BCUT2D eigenvalue weighted by Crippen LogP contribution is -2.06. The van der Waals surface area contributed by atoms with Crippen molar-refractivity contribution in [2.45, 2.75) is 6.67 Å². The van der Waals surface area contributed by atoms with Crippen LogP contribution in [0.5, 0.6) is 0 Å². The molecule has 4 nitrogen and oxygen atoms in total. The minimum Gasteiger partial charge on any atom is -0.320 e. The van der Waals surface area contributed by atoms with Gasteiger partial charge in [-0.15, -0.1) is 0 Å². The predicted octanol–water partition coefficient (Wildman–Crippen LogP) is 11.2. The number of aliphatic imine (C=N–C) groups is 2. The van der Waals surface area contributed by atoms with E-state index in [2.05, 4.69) is 160 Å². The lowest BCUT2D eigenvalue weighted by Gasteiger charge is -2.13. The van der Waals surface area contributed by atoms with Crippen molar-refractivity contribution in [3.8, 4) is 16.8 Å². The summed E-state index contributed by atoms with van der Waals surface area (Å²) in [5.74, 6) is 0. The second kappa shape index (κ2) is 11.9. The van der Waals surface area contributed by atoms with Crippen LogP contribution in [0.2, 0.25) is 0 Å². The van der Waals surface area contributed by atoms with Crippen LogP contribution >= 0.6 is 0 Å². The molecule has 0 amide bonds. The van der Waals surface area contributed by atoms with Crippen molar-refractivity contribution < 1.29 is 0 Å². The maximum atomic E-state index is 5.17. The van der Waals surface area contributed by atoms with Crippen LogP contribution in [-0.4, -0.2) is 21.6 Å². The van der Waals surface area contributed by atoms with E-state index < -0.39 is 0 Å². The lowest BCUT2D eigenvalue weighted by molar-refractivity contribution is 0.793. The molecule has 0 atom stereocenters. The van der Waals surface area contributed by atoms with E-state index in [-0.39, 0.29) is 0 Å². The van der Waals surface area contributed by atoms with Crippen molar-refractivity contribution in [3.05, 3.63) is 181 Å². The maximum Gasteiger partial charge on any atom is 0.115 e. The molecule has 2 aromatic heterocycles. The van der Waals surface area contributed by atoms with Crippen molar-refractivity contribution in [1.29, 1.82) is 0 Å². The standard InChI is InChI=1S/C45H32N4/c1-46-45(31-14-4-2-5-15-31)37-20-8-11-21-40(37)47-30-48-41-22-12-9-18-35(41)38-28-32(24-26-42(38)48)33-25-27-44-39(29-33)36-19-10-13-23-43(36)49(44)34-16-6-3-7-17-34/h2-29H,1,30H2/b45-37-,47-40?. The van der Waals surface area contributed by atoms with Crippen LogP contribution in [0.25, 0.3) is 66.1 Å². The number of hydrogen-bond acceptors (Lipinski definition) is 2. The molecule has 0 aliphatic heterocycles. The van der Waals surface area contributed by atoms with Gasteiger partial charge in [-0.05, 0) is 72.5 Å². The molecule has 8 aromatic rings. The summed E-state index contributed by atoms with van der Waals surface area (Å²) in [6.07, 6.45) is 8.18. The Hall–Kier alpha value is -6.52. The summed E-state index contributed by atoms with van der Waals surface area (Å²) >= 11 is 0. The Bertz CT molecular complexity index is 2680. The van der Waals surface area contributed by atoms with Gasteiger partial charge in [-0.3, -0.25) is 9.98 Å². The number of rotatable bonds is 6. The van der Waals surface area contributed by atoms with E-state index in [0.717, 1.165) is 33.6 Å². The van der Waals surface area contributed by atoms with Crippen molar-refractivity contribution in [2.75, 3.05) is 0 Å². The molecule has 1 aliphatic rings. The SMILES string of the molecule is C=N/C(=C1/C=CC=CC1=NCn1c2ccccc2c2cc(-c3ccc4c(c3)c3ccccc3n4-c3ccccc3)ccc21)c1ccccc1. The Labute approximate surface area is 284 Å². The predicted molar refractivity (Wildman–Crippen MR) is 208 cm³/mol. The topological polar surface area (TPSA) is 34.6 Å². The zero-order valence-electron chi connectivity index (χ0n) is 26.9. The number of hydrogen-bond donors (Lipinski definition) is 0. The van der Waals surface area contributed by atoms with E-state index in [4.69, 9.17) is 4.99 Å². The van der Waals surface area contributed by atoms with E-state index in [9.17, 15) is 0 Å². The molecule has 49 heavy (non-hydrogen) atoms. The Morgan fingerprint density at radius 1 is 0.531 bits per heavy atom. The van der Waals surface area contributed by atoms with Gasteiger partial charge in [0.05, 0.1) is 33.5 Å². The number of allylic oxidation sites excluding steroid dienone is 5. The molecule has 0 saturated heterocycles. The van der Waals surface area contributed by atoms with Crippen molar-refractivity contribution in [3.63, 3.8) is 0 Å². The average molecular weight is 629 g/mol. The number of aromatic nitrogens is 2. The highest BCUT2D eigenvalue weighted by atomic mass is 15.1. The monoisotopic (exact) mass is 628 g/mol. The fourth-order valence-corrected chi connectivity index (χ4v) is 7.28. The first-order chi connectivity index (χ1) is 24.3. The third-order valence-electron chi connectivity index (χ3n) is 9.54. The van der Waals surface area contributed by atoms with E-state index in [1.165, 1.54) is 49.4 Å². The lowest BCUT2D eigenvalue weighted by atomic mass is 9.99. The minimum atomic E-state index is 0.477. The quantitative estimate of drug-likeness (QED) is 0.164. The highest BCUT2D eigenvalue weighted by molar-refractivity contribution is 6.16. The van der Waals surface area contributed by atoms with Gasteiger partial charge >= 0.3 is 0 Å². The smallest absolute Gasteiger partial charge is 0.115 e. The zero-order chi connectivity index (χ0) is 32.7. The molecule has 2 heterocycles. The number of fused-ring (bicyclic) bond motifs is 6. The fraction of sp³-hybridized carbons (Fsp3) is 0.0222. The molecule has 0 unspecified atom stereocenters. The summed E-state index contributed by atoms with van der Waals surface area (Å²) in [5, 5.41) is 4.93. The summed E-state index contributed by atoms with van der Waals surface area (Å²) in [6, 6.07) is 51.8. The summed E-state index contributed by atoms with van der Waals surface area (Å²) in [5.41, 5.74) is 12.0. The summed E-state index contributed by atoms with van der Waals surface area (Å²) < 4.78 is 4.67. The summed E-state index contributed by atoms with van der Waals surface area (Å²) in [4.78, 5) is 9.59. The fourth-order valence-electron chi connectivity index (χ4n) is 7.28. The van der Waals surface area contributed by atoms with Gasteiger partial charge in [0.15, 0.2) is 0 Å². The van der Waals surface area contributed by atoms with Crippen LogP contribution in [0.4, 0.5) is 0 Å². The van der Waals surface area contributed by atoms with Crippen LogP contribution in [-0.2, 0) is 6.67 Å². The number of para-hydroxylation sites is 3. The highest BCUT2D eigenvalue weighted by Crippen LogP contribution is 2.37. The molecule has 0 bridgehead atoms. The van der Waals surface area contributed by atoms with Gasteiger partial charge < -0.3 is 9.13 Å². The Morgan fingerprint density at radius 2 is 1.08 bits per heavy atom. The molecule has 232 valence electrons. The first kappa shape index (κ1) is 28.7. The highest BCUT2D eigenvalue weighted by Gasteiger charge is 2.16. The van der Waals surface area contributed by atoms with Gasteiger partial charge in [-0.2, -0.15) is 0 Å². The van der Waals surface area contributed by atoms with Crippen LogP contribution in [0, 0.1) is 0 Å². The normalized spacial score (nSPS) is 14.8. The van der Waals surface area contributed by atoms with Crippen molar-refractivity contribution in [2.24, 2.45) is 9.98 Å². The third kappa shape index (κ3) is 4.85. The van der Waals surface area contributed by atoms with Gasteiger partial charge in [0.1, 0.15) is 6.67 Å². The molecule has 0 N–H and O–H groups in total. The van der Waals surface area contributed by atoms with Crippen LogP contribution < -0.4 is 0 Å². The third-order valence-corrected chi connectivity index (χ3v) is 9.54. The van der Waals surface area contributed by atoms with Gasteiger partial charge in [0.2, 0.25) is 0 Å². The van der Waals surface area contributed by atoms with Gasteiger partial charge in [0, 0.05) is 38.4 Å². The van der Waals surface area contributed by atoms with Crippen molar-refractivity contribution >= 4 is 61.7 Å². The molecule has 9 rings (SSSR count). The summed E-state index contributed by atoms with van der Waals surface area (Å²) in [7, 11) is 0. The Morgan fingerprint density at radius 3 is 1.82 bits per heavy atom. The van der Waals surface area contributed by atoms with Crippen LogP contribution in [0.3, 0.4) is 0 Å². The molecular weight excluding hydrogens is 597 g/mol. The van der Waals surface area contributed by atoms with Crippen LogP contribution in [0.15, 0.2) is 185 Å². The van der Waals surface area contributed by atoms with E-state index in [1.54, 1.807) is 0 Å². The van der Waals surface area contributed by atoms with Gasteiger partial charge in [-0.25, -0.2) is 0 Å². The number of nitrogens with zero attached hydrogens (tertiary/aromatic N) is 4. The molecule has 0 saturated carbocycles. The van der Waals surface area contributed by atoms with E-state index in [1.807, 2.05) is 30.4 Å². The second-order valence-electron chi connectivity index (χ2n) is 12.3. The molecule has 0 radical (unpaired) electrons. The van der Waals surface area contributed by atoms with Crippen LogP contribution in [0.1, 0.15) is 5.56 Å². The second-order valence-corrected chi connectivity index (χ2v) is 12.3.